The van der Waals surface area contributed by atoms with Crippen LogP contribution in [0.25, 0.3) is 0 Å². The van der Waals surface area contributed by atoms with E-state index in [1.54, 1.807) is 0 Å². The third-order valence-electron chi connectivity index (χ3n) is 5.14. The highest BCUT2D eigenvalue weighted by molar-refractivity contribution is 5.95. The maximum absolute atomic E-state index is 14.0. The molecule has 0 spiro atoms. The number of carbonyl (C=O) groups is 1. The molecular weight excluding hydrogens is 284 g/mol. The second kappa shape index (κ2) is 6.35. The number of benzene rings is 1. The molecule has 1 aromatic rings. The van der Waals surface area contributed by atoms with E-state index in [-0.39, 0.29) is 23.6 Å². The minimum absolute atomic E-state index is 0.121. The van der Waals surface area contributed by atoms with Crippen LogP contribution in [0.5, 0.6) is 0 Å². The van der Waals surface area contributed by atoms with Crippen LogP contribution in [0.2, 0.25) is 0 Å². The zero-order chi connectivity index (χ0) is 15.7. The molecule has 2 aliphatic carbocycles. The van der Waals surface area contributed by atoms with Gasteiger partial charge in [-0.2, -0.15) is 0 Å². The van der Waals surface area contributed by atoms with E-state index in [0.717, 1.165) is 50.5 Å². The number of carbonyl (C=O) groups excluding carboxylic acids is 1. The second-order valence-corrected chi connectivity index (χ2v) is 6.63. The monoisotopic (exact) mass is 307 g/mol. The van der Waals surface area contributed by atoms with E-state index in [0.29, 0.717) is 0 Å². The second-order valence-electron chi connectivity index (χ2n) is 6.63. The summed E-state index contributed by atoms with van der Waals surface area (Å²) in [5, 5.41) is 0. The van der Waals surface area contributed by atoms with Gasteiger partial charge >= 0.3 is 0 Å². The number of amides is 1. The molecule has 2 nitrogen and oxygen atoms in total. The van der Waals surface area contributed by atoms with Crippen molar-refractivity contribution in [2.24, 2.45) is 5.92 Å². The maximum Gasteiger partial charge on any atom is 0.257 e. The fourth-order valence-corrected chi connectivity index (χ4v) is 3.62. The quantitative estimate of drug-likeness (QED) is 0.800. The van der Waals surface area contributed by atoms with Crippen molar-refractivity contribution in [1.82, 2.24) is 4.90 Å². The number of hydrogen-bond acceptors (Lipinski definition) is 1. The summed E-state index contributed by atoms with van der Waals surface area (Å²) in [6.45, 7) is 2.21. The van der Waals surface area contributed by atoms with Gasteiger partial charge in [-0.25, -0.2) is 8.78 Å². The highest BCUT2D eigenvalue weighted by atomic mass is 19.2. The van der Waals surface area contributed by atoms with Crippen molar-refractivity contribution in [3.63, 3.8) is 0 Å². The lowest BCUT2D eigenvalue weighted by molar-refractivity contribution is 0.0581. The van der Waals surface area contributed by atoms with E-state index in [4.69, 9.17) is 0 Å². The fraction of sp³-hybridized carbons (Fsp3) is 0.611. The summed E-state index contributed by atoms with van der Waals surface area (Å²) in [7, 11) is 0. The summed E-state index contributed by atoms with van der Waals surface area (Å²) in [5.74, 6) is -1.55. The molecule has 2 aliphatic rings. The first-order chi connectivity index (χ1) is 10.6. The molecule has 120 valence electrons. The Morgan fingerprint density at radius 2 is 1.68 bits per heavy atom. The molecule has 0 N–H and O–H groups in total. The molecule has 4 heteroatoms. The van der Waals surface area contributed by atoms with Crippen molar-refractivity contribution in [2.75, 3.05) is 0 Å². The van der Waals surface area contributed by atoms with E-state index in [2.05, 4.69) is 6.92 Å². The Kier molecular flexibility index (Phi) is 4.46. The molecule has 0 aromatic heterocycles. The van der Waals surface area contributed by atoms with Gasteiger partial charge in [-0.05, 0) is 56.6 Å². The van der Waals surface area contributed by atoms with Crippen LogP contribution in [-0.2, 0) is 0 Å². The van der Waals surface area contributed by atoms with Gasteiger partial charge in [0.15, 0.2) is 11.6 Å². The van der Waals surface area contributed by atoms with Gasteiger partial charge in [0, 0.05) is 12.1 Å². The molecule has 1 aromatic carbocycles. The van der Waals surface area contributed by atoms with Gasteiger partial charge in [-0.15, -0.1) is 0 Å². The minimum Gasteiger partial charge on any atom is -0.333 e. The summed E-state index contributed by atoms with van der Waals surface area (Å²) < 4.78 is 27.4. The Balaban J connectivity index is 1.79. The van der Waals surface area contributed by atoms with Crippen molar-refractivity contribution in [3.05, 3.63) is 35.4 Å². The van der Waals surface area contributed by atoms with Crippen LogP contribution in [0, 0.1) is 17.6 Å². The van der Waals surface area contributed by atoms with E-state index in [1.807, 2.05) is 4.90 Å². The summed E-state index contributed by atoms with van der Waals surface area (Å²) in [6, 6.07) is 4.27. The van der Waals surface area contributed by atoms with Crippen LogP contribution in [0.3, 0.4) is 0 Å². The first-order valence-electron chi connectivity index (χ1n) is 8.38. The van der Waals surface area contributed by atoms with Crippen molar-refractivity contribution in [3.8, 4) is 0 Å². The molecule has 22 heavy (non-hydrogen) atoms. The molecule has 3 rings (SSSR count). The van der Waals surface area contributed by atoms with Gasteiger partial charge in [-0.3, -0.25) is 4.79 Å². The number of nitrogens with zero attached hydrogens (tertiary/aromatic N) is 1. The Labute approximate surface area is 130 Å². The molecule has 0 radical (unpaired) electrons. The van der Waals surface area contributed by atoms with Gasteiger partial charge in [0.05, 0.1) is 5.56 Å². The van der Waals surface area contributed by atoms with Gasteiger partial charge in [0.1, 0.15) is 0 Å². The Bertz CT molecular complexity index is 548. The average molecular weight is 307 g/mol. The molecule has 2 saturated carbocycles. The van der Waals surface area contributed by atoms with Crippen molar-refractivity contribution in [2.45, 2.75) is 64.0 Å². The highest BCUT2D eigenvalue weighted by Gasteiger charge is 2.39. The predicted octanol–water partition coefficient (Wildman–Crippen LogP) is 4.54. The topological polar surface area (TPSA) is 20.3 Å². The van der Waals surface area contributed by atoms with Crippen LogP contribution >= 0.6 is 0 Å². The molecule has 1 amide bonds. The summed E-state index contributed by atoms with van der Waals surface area (Å²) in [5.41, 5.74) is -0.121. The standard InChI is InChI=1S/C18H23F2NO/c1-2-12-6-8-13(9-7-12)21(14-10-11-14)18(22)15-4-3-5-16(19)17(15)20/h3-5,12-14H,2,6-11H2,1H3. The molecule has 0 heterocycles. The van der Waals surface area contributed by atoms with Gasteiger partial charge < -0.3 is 4.90 Å². The van der Waals surface area contributed by atoms with Crippen molar-refractivity contribution in [1.29, 1.82) is 0 Å². The zero-order valence-corrected chi connectivity index (χ0v) is 13.0. The molecule has 0 atom stereocenters. The minimum atomic E-state index is -1.01. The summed E-state index contributed by atoms with van der Waals surface area (Å²) in [4.78, 5) is 14.6. The summed E-state index contributed by atoms with van der Waals surface area (Å²) in [6.07, 6.45) is 7.37. The molecule has 0 unspecified atom stereocenters. The highest BCUT2D eigenvalue weighted by Crippen LogP contribution is 2.37. The van der Waals surface area contributed by atoms with E-state index in [9.17, 15) is 13.6 Å². The van der Waals surface area contributed by atoms with Gasteiger partial charge in [-0.1, -0.05) is 19.4 Å². The van der Waals surface area contributed by atoms with Crippen LogP contribution in [0.4, 0.5) is 8.78 Å². The third kappa shape index (κ3) is 3.01. The van der Waals surface area contributed by atoms with Gasteiger partial charge in [0.2, 0.25) is 0 Å². The molecule has 0 aliphatic heterocycles. The van der Waals surface area contributed by atoms with Crippen LogP contribution in [-0.4, -0.2) is 22.9 Å². The fourth-order valence-electron chi connectivity index (χ4n) is 3.62. The van der Waals surface area contributed by atoms with Crippen molar-refractivity contribution >= 4 is 5.91 Å². The lowest BCUT2D eigenvalue weighted by Gasteiger charge is -2.37. The third-order valence-corrected chi connectivity index (χ3v) is 5.14. The molecule has 0 bridgehead atoms. The first kappa shape index (κ1) is 15.4. The lowest BCUT2D eigenvalue weighted by Crippen LogP contribution is -2.44. The van der Waals surface area contributed by atoms with E-state index >= 15 is 0 Å². The number of halogens is 2. The maximum atomic E-state index is 14.0. The summed E-state index contributed by atoms with van der Waals surface area (Å²) >= 11 is 0. The normalized spacial score (nSPS) is 25.0. The molecular formula is C18H23F2NO. The number of rotatable bonds is 4. The van der Waals surface area contributed by atoms with E-state index in [1.165, 1.54) is 18.6 Å². The first-order valence-corrected chi connectivity index (χ1v) is 8.38. The van der Waals surface area contributed by atoms with Crippen LogP contribution < -0.4 is 0 Å². The zero-order valence-electron chi connectivity index (χ0n) is 13.0. The number of hydrogen-bond donors (Lipinski definition) is 0. The SMILES string of the molecule is CCC1CCC(N(C(=O)c2cccc(F)c2F)C2CC2)CC1. The lowest BCUT2D eigenvalue weighted by atomic mass is 9.83. The van der Waals surface area contributed by atoms with Crippen molar-refractivity contribution < 1.29 is 13.6 Å². The largest absolute Gasteiger partial charge is 0.333 e. The molecule has 2 fully saturated rings. The van der Waals surface area contributed by atoms with E-state index < -0.39 is 11.6 Å². The predicted molar refractivity (Wildman–Crippen MR) is 81.6 cm³/mol. The molecule has 0 saturated heterocycles. The average Bonchev–Trinajstić information content (AvgIpc) is 3.35. The van der Waals surface area contributed by atoms with Crippen LogP contribution in [0.1, 0.15) is 62.2 Å². The van der Waals surface area contributed by atoms with Crippen LogP contribution in [0.15, 0.2) is 18.2 Å². The van der Waals surface area contributed by atoms with Gasteiger partial charge in [0.25, 0.3) is 5.91 Å². The Morgan fingerprint density at radius 1 is 1.09 bits per heavy atom. The Hall–Kier alpha value is -1.45. The smallest absolute Gasteiger partial charge is 0.257 e. The Morgan fingerprint density at radius 3 is 2.23 bits per heavy atom.